The van der Waals surface area contributed by atoms with Crippen molar-refractivity contribution in [3.8, 4) is 0 Å². The van der Waals surface area contributed by atoms with Crippen molar-refractivity contribution in [3.63, 3.8) is 0 Å². The first kappa shape index (κ1) is 23.5. The average Bonchev–Trinajstić information content (AvgIpc) is 3.00. The second-order valence-electron chi connectivity index (χ2n) is 9.67. The Balaban J connectivity index is 1.58. The fourth-order valence-electron chi connectivity index (χ4n) is 4.63. The molecule has 0 bridgehead atoms. The first-order valence-corrected chi connectivity index (χ1v) is 11.9. The van der Waals surface area contributed by atoms with Crippen LogP contribution in [0.25, 0.3) is 0 Å². The third kappa shape index (κ3) is 6.42. The smallest absolute Gasteiger partial charge is 0.220 e. The molecule has 1 saturated heterocycles. The minimum absolute atomic E-state index is 0.127. The van der Waals surface area contributed by atoms with Crippen molar-refractivity contribution in [3.05, 3.63) is 52.8 Å². The Bertz CT molecular complexity index is 835. The van der Waals surface area contributed by atoms with Crippen molar-refractivity contribution in [2.75, 3.05) is 19.6 Å². The molecule has 1 fully saturated rings. The molecule has 5 nitrogen and oxygen atoms in total. The van der Waals surface area contributed by atoms with Crippen LogP contribution in [0.3, 0.4) is 0 Å². The zero-order chi connectivity index (χ0) is 22.4. The van der Waals surface area contributed by atoms with Gasteiger partial charge in [-0.25, -0.2) is 0 Å². The van der Waals surface area contributed by atoms with Crippen molar-refractivity contribution >= 4 is 5.91 Å². The molecule has 5 heteroatoms. The van der Waals surface area contributed by atoms with E-state index >= 15 is 0 Å². The van der Waals surface area contributed by atoms with Gasteiger partial charge in [0.25, 0.3) is 0 Å². The van der Waals surface area contributed by atoms with Crippen molar-refractivity contribution in [1.29, 1.82) is 0 Å². The minimum Gasteiger partial charge on any atom is -0.354 e. The van der Waals surface area contributed by atoms with E-state index in [2.05, 4.69) is 84.9 Å². The van der Waals surface area contributed by atoms with Crippen LogP contribution in [0.2, 0.25) is 0 Å². The molecule has 1 aromatic heterocycles. The van der Waals surface area contributed by atoms with Gasteiger partial charge in [-0.05, 0) is 69.2 Å². The SMILES string of the molecule is Cc1nn(CC(C)C)c(C)c1CCC(=O)NCC(c1ccccc1)N1CCC(C)CC1. The van der Waals surface area contributed by atoms with E-state index in [-0.39, 0.29) is 11.9 Å². The van der Waals surface area contributed by atoms with E-state index < -0.39 is 0 Å². The van der Waals surface area contributed by atoms with E-state index in [1.54, 1.807) is 0 Å². The maximum Gasteiger partial charge on any atom is 0.220 e. The number of benzene rings is 1. The average molecular weight is 425 g/mol. The van der Waals surface area contributed by atoms with Crippen LogP contribution in [-0.2, 0) is 17.8 Å². The third-order valence-electron chi connectivity index (χ3n) is 6.61. The number of hydrogen-bond acceptors (Lipinski definition) is 3. The largest absolute Gasteiger partial charge is 0.354 e. The molecule has 1 aliphatic rings. The lowest BCUT2D eigenvalue weighted by atomic mass is 9.95. The van der Waals surface area contributed by atoms with Gasteiger partial charge in [0.05, 0.1) is 11.7 Å². The van der Waals surface area contributed by atoms with Gasteiger partial charge in [-0.2, -0.15) is 5.10 Å². The predicted octanol–water partition coefficient (Wildman–Crippen LogP) is 4.68. The van der Waals surface area contributed by atoms with Crippen LogP contribution < -0.4 is 5.32 Å². The standard InChI is InChI=1S/C26H40N4O/c1-19(2)18-30-22(5)24(21(4)28-30)11-12-26(31)27-17-25(23-9-7-6-8-10-23)29-15-13-20(3)14-16-29/h6-10,19-20,25H,11-18H2,1-5H3,(H,27,31). The maximum absolute atomic E-state index is 12.7. The summed E-state index contributed by atoms with van der Waals surface area (Å²) in [5.74, 6) is 1.48. The van der Waals surface area contributed by atoms with E-state index in [0.717, 1.165) is 37.7 Å². The molecule has 1 aromatic carbocycles. The molecule has 0 saturated carbocycles. The van der Waals surface area contributed by atoms with Crippen molar-refractivity contribution in [2.45, 2.75) is 72.9 Å². The lowest BCUT2D eigenvalue weighted by molar-refractivity contribution is -0.121. The van der Waals surface area contributed by atoms with Crippen LogP contribution in [0.15, 0.2) is 30.3 Å². The molecule has 0 aliphatic carbocycles. The van der Waals surface area contributed by atoms with Crippen LogP contribution in [-0.4, -0.2) is 40.2 Å². The molecule has 170 valence electrons. The zero-order valence-electron chi connectivity index (χ0n) is 20.0. The van der Waals surface area contributed by atoms with Crippen LogP contribution >= 0.6 is 0 Å². The number of amides is 1. The van der Waals surface area contributed by atoms with Crippen molar-refractivity contribution < 1.29 is 4.79 Å². The molecular weight excluding hydrogens is 384 g/mol. The van der Waals surface area contributed by atoms with E-state index in [4.69, 9.17) is 0 Å². The molecule has 1 unspecified atom stereocenters. The molecular formula is C26H40N4O. The molecule has 3 rings (SSSR count). The van der Waals surface area contributed by atoms with E-state index in [0.29, 0.717) is 18.9 Å². The fourth-order valence-corrected chi connectivity index (χ4v) is 4.63. The normalized spacial score (nSPS) is 16.6. The molecule has 1 aliphatic heterocycles. The number of rotatable bonds is 9. The van der Waals surface area contributed by atoms with Gasteiger partial charge in [0.15, 0.2) is 0 Å². The van der Waals surface area contributed by atoms with Gasteiger partial charge in [-0.3, -0.25) is 14.4 Å². The summed E-state index contributed by atoms with van der Waals surface area (Å²) >= 11 is 0. The number of aromatic nitrogens is 2. The number of carbonyl (C=O) groups is 1. The van der Waals surface area contributed by atoms with Gasteiger partial charge < -0.3 is 5.32 Å². The molecule has 0 radical (unpaired) electrons. The molecule has 31 heavy (non-hydrogen) atoms. The number of aryl methyl sites for hydroxylation is 1. The number of nitrogens with one attached hydrogen (secondary N) is 1. The monoisotopic (exact) mass is 424 g/mol. The van der Waals surface area contributed by atoms with Crippen LogP contribution in [0.4, 0.5) is 0 Å². The summed E-state index contributed by atoms with van der Waals surface area (Å²) < 4.78 is 2.09. The second-order valence-corrected chi connectivity index (χ2v) is 9.67. The van der Waals surface area contributed by atoms with E-state index in [9.17, 15) is 4.79 Å². The van der Waals surface area contributed by atoms with Crippen LogP contribution in [0, 0.1) is 25.7 Å². The van der Waals surface area contributed by atoms with Crippen LogP contribution in [0.5, 0.6) is 0 Å². The van der Waals surface area contributed by atoms with Gasteiger partial charge in [0, 0.05) is 25.2 Å². The molecule has 0 spiro atoms. The van der Waals surface area contributed by atoms with Gasteiger partial charge in [-0.1, -0.05) is 51.1 Å². The van der Waals surface area contributed by atoms with Gasteiger partial charge in [-0.15, -0.1) is 0 Å². The molecule has 1 amide bonds. The Kier molecular flexibility index (Phi) is 8.30. The van der Waals surface area contributed by atoms with Crippen molar-refractivity contribution in [1.82, 2.24) is 20.0 Å². The highest BCUT2D eigenvalue weighted by atomic mass is 16.1. The Morgan fingerprint density at radius 2 is 1.84 bits per heavy atom. The highest BCUT2D eigenvalue weighted by Crippen LogP contribution is 2.26. The van der Waals surface area contributed by atoms with Gasteiger partial charge in [0.1, 0.15) is 0 Å². The van der Waals surface area contributed by atoms with E-state index in [1.807, 2.05) is 0 Å². The lowest BCUT2D eigenvalue weighted by Crippen LogP contribution is -2.42. The van der Waals surface area contributed by atoms with Gasteiger partial charge in [0.2, 0.25) is 5.91 Å². The van der Waals surface area contributed by atoms with Crippen molar-refractivity contribution in [2.24, 2.45) is 11.8 Å². The predicted molar refractivity (Wildman–Crippen MR) is 127 cm³/mol. The first-order valence-electron chi connectivity index (χ1n) is 11.9. The van der Waals surface area contributed by atoms with E-state index in [1.165, 1.54) is 29.7 Å². The topological polar surface area (TPSA) is 50.2 Å². The highest BCUT2D eigenvalue weighted by Gasteiger charge is 2.25. The Morgan fingerprint density at radius 1 is 1.16 bits per heavy atom. The third-order valence-corrected chi connectivity index (χ3v) is 6.61. The quantitative estimate of drug-likeness (QED) is 0.636. The Labute approximate surface area is 188 Å². The second kappa shape index (κ2) is 10.9. The number of nitrogens with zero attached hydrogens (tertiary/aromatic N) is 3. The fraction of sp³-hybridized carbons (Fsp3) is 0.615. The molecule has 1 N–H and O–H groups in total. The first-order chi connectivity index (χ1) is 14.8. The molecule has 2 aromatic rings. The number of likely N-dealkylation sites (tertiary alicyclic amines) is 1. The Morgan fingerprint density at radius 3 is 2.48 bits per heavy atom. The number of piperidine rings is 1. The maximum atomic E-state index is 12.7. The minimum atomic E-state index is 0.127. The molecule has 2 heterocycles. The number of hydrogen-bond donors (Lipinski definition) is 1. The van der Waals surface area contributed by atoms with Gasteiger partial charge >= 0.3 is 0 Å². The summed E-state index contributed by atoms with van der Waals surface area (Å²) in [6, 6.07) is 10.9. The summed E-state index contributed by atoms with van der Waals surface area (Å²) in [6.07, 6.45) is 3.72. The summed E-state index contributed by atoms with van der Waals surface area (Å²) in [7, 11) is 0. The molecule has 1 atom stereocenters. The summed E-state index contributed by atoms with van der Waals surface area (Å²) in [4.78, 5) is 15.3. The zero-order valence-corrected chi connectivity index (χ0v) is 20.0. The summed E-state index contributed by atoms with van der Waals surface area (Å²) in [5, 5.41) is 7.92. The number of carbonyl (C=O) groups excluding carboxylic acids is 1. The lowest BCUT2D eigenvalue weighted by Gasteiger charge is -2.37. The van der Waals surface area contributed by atoms with Crippen LogP contribution in [0.1, 0.15) is 68.6 Å². The highest BCUT2D eigenvalue weighted by molar-refractivity contribution is 5.76. The summed E-state index contributed by atoms with van der Waals surface area (Å²) in [6.45, 7) is 14.7. The Hall–Kier alpha value is -2.14. The summed E-state index contributed by atoms with van der Waals surface area (Å²) in [5.41, 5.74) is 4.76.